The number of benzene rings is 1. The molecule has 100 valence electrons. The SMILES string of the molecule is COc1c(CC2CCCCN2)cccc1C(C)F. The number of methoxy groups -OCH3 is 1. The summed E-state index contributed by atoms with van der Waals surface area (Å²) in [5.41, 5.74) is 1.77. The number of hydrogen-bond donors (Lipinski definition) is 1. The van der Waals surface area contributed by atoms with E-state index in [0.29, 0.717) is 11.6 Å². The molecule has 1 saturated heterocycles. The van der Waals surface area contributed by atoms with Crippen LogP contribution in [0.5, 0.6) is 5.75 Å². The molecule has 0 saturated carbocycles. The Morgan fingerprint density at radius 3 is 2.89 bits per heavy atom. The van der Waals surface area contributed by atoms with Crippen LogP contribution in [0.3, 0.4) is 0 Å². The molecule has 3 heteroatoms. The molecule has 1 aromatic rings. The van der Waals surface area contributed by atoms with Crippen LogP contribution in [0, 0.1) is 0 Å². The lowest BCUT2D eigenvalue weighted by Gasteiger charge is -2.25. The molecular formula is C15H22FNO. The van der Waals surface area contributed by atoms with Crippen molar-refractivity contribution in [2.24, 2.45) is 0 Å². The summed E-state index contributed by atoms with van der Waals surface area (Å²) in [4.78, 5) is 0. The van der Waals surface area contributed by atoms with Gasteiger partial charge in [-0.15, -0.1) is 0 Å². The van der Waals surface area contributed by atoms with Crippen LogP contribution in [-0.4, -0.2) is 19.7 Å². The number of piperidine rings is 1. The van der Waals surface area contributed by atoms with Gasteiger partial charge in [0, 0.05) is 11.6 Å². The molecule has 0 aromatic heterocycles. The van der Waals surface area contributed by atoms with Crippen molar-refractivity contribution in [3.63, 3.8) is 0 Å². The minimum atomic E-state index is -0.987. The predicted octanol–water partition coefficient (Wildman–Crippen LogP) is 3.41. The fourth-order valence-corrected chi connectivity index (χ4v) is 2.69. The first-order valence-electron chi connectivity index (χ1n) is 6.75. The first kappa shape index (κ1) is 13.3. The normalized spacial score (nSPS) is 21.6. The molecule has 1 fully saturated rings. The number of para-hydroxylation sites is 1. The Morgan fingerprint density at radius 2 is 2.28 bits per heavy atom. The van der Waals surface area contributed by atoms with Gasteiger partial charge in [0.25, 0.3) is 0 Å². The maximum Gasteiger partial charge on any atom is 0.128 e. The van der Waals surface area contributed by atoms with Crippen molar-refractivity contribution in [2.75, 3.05) is 13.7 Å². The number of nitrogens with one attached hydrogen (secondary N) is 1. The molecule has 18 heavy (non-hydrogen) atoms. The number of hydrogen-bond acceptors (Lipinski definition) is 2. The van der Waals surface area contributed by atoms with Gasteiger partial charge in [0.15, 0.2) is 0 Å². The van der Waals surface area contributed by atoms with Crippen molar-refractivity contribution in [3.8, 4) is 5.75 Å². The highest BCUT2D eigenvalue weighted by molar-refractivity contribution is 5.43. The van der Waals surface area contributed by atoms with Gasteiger partial charge in [-0.2, -0.15) is 0 Å². The van der Waals surface area contributed by atoms with E-state index in [4.69, 9.17) is 4.74 Å². The molecule has 0 radical (unpaired) electrons. The molecule has 1 aromatic carbocycles. The van der Waals surface area contributed by atoms with Gasteiger partial charge in [0.2, 0.25) is 0 Å². The fourth-order valence-electron chi connectivity index (χ4n) is 2.69. The first-order valence-corrected chi connectivity index (χ1v) is 6.75. The van der Waals surface area contributed by atoms with E-state index in [-0.39, 0.29) is 0 Å². The Bertz CT molecular complexity index is 386. The third-order valence-corrected chi connectivity index (χ3v) is 3.64. The topological polar surface area (TPSA) is 21.3 Å². The maximum absolute atomic E-state index is 13.5. The van der Waals surface area contributed by atoms with Crippen molar-refractivity contribution < 1.29 is 9.13 Å². The van der Waals surface area contributed by atoms with Crippen LogP contribution in [0.15, 0.2) is 18.2 Å². The highest BCUT2D eigenvalue weighted by Crippen LogP contribution is 2.32. The van der Waals surface area contributed by atoms with Crippen LogP contribution in [0.25, 0.3) is 0 Å². The molecule has 2 unspecified atom stereocenters. The average Bonchev–Trinajstić information content (AvgIpc) is 2.39. The molecule has 1 aliphatic rings. The molecule has 1 N–H and O–H groups in total. The number of ether oxygens (including phenoxy) is 1. The molecule has 2 nitrogen and oxygen atoms in total. The highest BCUT2D eigenvalue weighted by Gasteiger charge is 2.18. The molecule has 0 bridgehead atoms. The van der Waals surface area contributed by atoms with Gasteiger partial charge >= 0.3 is 0 Å². The Kier molecular flexibility index (Phi) is 4.59. The van der Waals surface area contributed by atoms with Crippen molar-refractivity contribution in [1.29, 1.82) is 0 Å². The van der Waals surface area contributed by atoms with E-state index in [1.165, 1.54) is 19.3 Å². The zero-order valence-electron chi connectivity index (χ0n) is 11.2. The first-order chi connectivity index (χ1) is 8.72. The molecule has 0 aliphatic carbocycles. The molecule has 2 atom stereocenters. The van der Waals surface area contributed by atoms with Crippen molar-refractivity contribution in [1.82, 2.24) is 5.32 Å². The van der Waals surface area contributed by atoms with Crippen LogP contribution in [0.2, 0.25) is 0 Å². The molecular weight excluding hydrogens is 229 g/mol. The second kappa shape index (κ2) is 6.19. The second-order valence-corrected chi connectivity index (χ2v) is 5.01. The van der Waals surface area contributed by atoms with Gasteiger partial charge in [-0.3, -0.25) is 0 Å². The van der Waals surface area contributed by atoms with Gasteiger partial charge in [-0.25, -0.2) is 4.39 Å². The van der Waals surface area contributed by atoms with Gasteiger partial charge < -0.3 is 10.1 Å². The smallest absolute Gasteiger partial charge is 0.128 e. The summed E-state index contributed by atoms with van der Waals surface area (Å²) < 4.78 is 19.0. The van der Waals surface area contributed by atoms with Crippen LogP contribution >= 0.6 is 0 Å². The van der Waals surface area contributed by atoms with E-state index >= 15 is 0 Å². The van der Waals surface area contributed by atoms with Crippen molar-refractivity contribution in [2.45, 2.75) is 44.8 Å². The summed E-state index contributed by atoms with van der Waals surface area (Å²) in [6.45, 7) is 2.65. The molecule has 1 aliphatic heterocycles. The maximum atomic E-state index is 13.5. The van der Waals surface area contributed by atoms with E-state index in [0.717, 1.165) is 24.3 Å². The summed E-state index contributed by atoms with van der Waals surface area (Å²) >= 11 is 0. The standard InChI is InChI=1S/C15H22FNO/c1-11(16)14-8-5-6-12(15(14)18-2)10-13-7-3-4-9-17-13/h5-6,8,11,13,17H,3-4,7,9-10H2,1-2H3. The minimum absolute atomic E-state index is 0.498. The fraction of sp³-hybridized carbons (Fsp3) is 0.600. The lowest BCUT2D eigenvalue weighted by Crippen LogP contribution is -2.35. The summed E-state index contributed by atoms with van der Waals surface area (Å²) in [7, 11) is 1.62. The monoisotopic (exact) mass is 251 g/mol. The Hall–Kier alpha value is -1.09. The molecule has 0 amide bonds. The quantitative estimate of drug-likeness (QED) is 0.885. The molecule has 2 rings (SSSR count). The van der Waals surface area contributed by atoms with E-state index in [1.54, 1.807) is 20.1 Å². The lowest BCUT2D eigenvalue weighted by molar-refractivity contribution is 0.340. The van der Waals surface area contributed by atoms with E-state index in [9.17, 15) is 4.39 Å². The Balaban J connectivity index is 2.18. The van der Waals surface area contributed by atoms with Crippen LogP contribution in [0.4, 0.5) is 4.39 Å². The zero-order chi connectivity index (χ0) is 13.0. The number of alkyl halides is 1. The molecule has 1 heterocycles. The Morgan fingerprint density at radius 1 is 1.44 bits per heavy atom. The summed E-state index contributed by atoms with van der Waals surface area (Å²) in [6.07, 6.45) is 3.66. The predicted molar refractivity (Wildman–Crippen MR) is 71.9 cm³/mol. The van der Waals surface area contributed by atoms with E-state index in [2.05, 4.69) is 5.32 Å². The highest BCUT2D eigenvalue weighted by atomic mass is 19.1. The summed E-state index contributed by atoms with van der Waals surface area (Å²) in [5, 5.41) is 3.52. The number of halogens is 1. The third kappa shape index (κ3) is 3.02. The minimum Gasteiger partial charge on any atom is -0.496 e. The summed E-state index contributed by atoms with van der Waals surface area (Å²) in [6, 6.07) is 6.27. The molecule has 0 spiro atoms. The zero-order valence-corrected chi connectivity index (χ0v) is 11.2. The van der Waals surface area contributed by atoms with Crippen molar-refractivity contribution in [3.05, 3.63) is 29.3 Å². The van der Waals surface area contributed by atoms with Crippen LogP contribution in [-0.2, 0) is 6.42 Å². The third-order valence-electron chi connectivity index (χ3n) is 3.64. The largest absolute Gasteiger partial charge is 0.496 e. The van der Waals surface area contributed by atoms with Gasteiger partial charge in [0.05, 0.1) is 7.11 Å². The van der Waals surface area contributed by atoms with Crippen LogP contribution < -0.4 is 10.1 Å². The second-order valence-electron chi connectivity index (χ2n) is 5.01. The Labute approximate surface area is 109 Å². The number of rotatable bonds is 4. The van der Waals surface area contributed by atoms with E-state index in [1.807, 2.05) is 12.1 Å². The van der Waals surface area contributed by atoms with Crippen molar-refractivity contribution >= 4 is 0 Å². The van der Waals surface area contributed by atoms with Crippen LogP contribution in [0.1, 0.15) is 43.5 Å². The van der Waals surface area contributed by atoms with E-state index < -0.39 is 6.17 Å². The average molecular weight is 251 g/mol. The van der Waals surface area contributed by atoms with Gasteiger partial charge in [-0.05, 0) is 38.3 Å². The lowest BCUT2D eigenvalue weighted by atomic mass is 9.95. The van der Waals surface area contributed by atoms with Gasteiger partial charge in [0.1, 0.15) is 11.9 Å². The van der Waals surface area contributed by atoms with Gasteiger partial charge in [-0.1, -0.05) is 24.6 Å². The summed E-state index contributed by atoms with van der Waals surface area (Å²) in [5.74, 6) is 0.722.